The first-order valence-electron chi connectivity index (χ1n) is 4.60. The molecule has 0 radical (unpaired) electrons. The molecule has 76 valence electrons. The van der Waals surface area contributed by atoms with Crippen molar-refractivity contribution < 1.29 is 14.6 Å². The largest absolute Gasteiger partial charge is 0.462 e. The molecule has 0 aliphatic heterocycles. The van der Waals surface area contributed by atoms with Gasteiger partial charge in [0.2, 0.25) is 0 Å². The summed E-state index contributed by atoms with van der Waals surface area (Å²) in [6.07, 6.45) is 0.0389. The maximum absolute atomic E-state index is 11.3. The normalized spacial score (nSPS) is 12.1. The van der Waals surface area contributed by atoms with Crippen LogP contribution < -0.4 is 0 Å². The molecule has 3 nitrogen and oxygen atoms in total. The Hall–Kier alpha value is -1.35. The Morgan fingerprint density at radius 1 is 1.43 bits per heavy atom. The van der Waals surface area contributed by atoms with Crippen LogP contribution in [0.25, 0.3) is 0 Å². The second kappa shape index (κ2) is 5.40. The number of hydrogen-bond donors (Lipinski definition) is 1. The van der Waals surface area contributed by atoms with Crippen molar-refractivity contribution in [2.45, 2.75) is 19.4 Å². The van der Waals surface area contributed by atoms with Crippen LogP contribution in [-0.4, -0.2) is 23.8 Å². The molecule has 0 saturated heterocycles. The second-order valence-corrected chi connectivity index (χ2v) is 3.14. The molecule has 1 N–H and O–H groups in total. The molecule has 1 atom stereocenters. The number of carbonyl (C=O) groups excluding carboxylic acids is 1. The minimum Gasteiger partial charge on any atom is -0.462 e. The maximum atomic E-state index is 11.3. The van der Waals surface area contributed by atoms with Gasteiger partial charge in [0, 0.05) is 6.42 Å². The van der Waals surface area contributed by atoms with E-state index in [9.17, 15) is 4.79 Å². The first kappa shape index (κ1) is 10.7. The number of aliphatic hydroxyl groups is 1. The molecule has 1 aromatic carbocycles. The summed E-state index contributed by atoms with van der Waals surface area (Å²) < 4.78 is 4.94. The van der Waals surface area contributed by atoms with Crippen molar-refractivity contribution in [3.63, 3.8) is 0 Å². The van der Waals surface area contributed by atoms with Crippen LogP contribution in [0.2, 0.25) is 0 Å². The first-order valence-corrected chi connectivity index (χ1v) is 4.60. The van der Waals surface area contributed by atoms with Crippen molar-refractivity contribution >= 4 is 5.97 Å². The molecule has 0 amide bonds. The smallest absolute Gasteiger partial charge is 0.338 e. The molecular formula is C11H14O3. The Bertz CT molecular complexity index is 280. The van der Waals surface area contributed by atoms with E-state index in [-0.39, 0.29) is 12.6 Å². The first-order chi connectivity index (χ1) is 6.70. The molecule has 1 rings (SSSR count). The Morgan fingerprint density at radius 3 is 2.64 bits per heavy atom. The fourth-order valence-corrected chi connectivity index (χ4v) is 0.980. The molecular weight excluding hydrogens is 180 g/mol. The maximum Gasteiger partial charge on any atom is 0.338 e. The zero-order valence-corrected chi connectivity index (χ0v) is 8.14. The molecule has 0 heterocycles. The molecule has 14 heavy (non-hydrogen) atoms. The van der Waals surface area contributed by atoms with Gasteiger partial charge in [-0.2, -0.15) is 0 Å². The summed E-state index contributed by atoms with van der Waals surface area (Å²) in [7, 11) is 0. The van der Waals surface area contributed by atoms with Crippen molar-refractivity contribution in [3.05, 3.63) is 35.9 Å². The monoisotopic (exact) mass is 194 g/mol. The van der Waals surface area contributed by atoms with E-state index in [1.54, 1.807) is 31.2 Å². The molecule has 1 aromatic rings. The Labute approximate surface area is 83.3 Å². The third-order valence-electron chi connectivity index (χ3n) is 1.78. The van der Waals surface area contributed by atoms with Crippen molar-refractivity contribution in [2.75, 3.05) is 6.61 Å². The van der Waals surface area contributed by atoms with Gasteiger partial charge in [-0.25, -0.2) is 4.79 Å². The van der Waals surface area contributed by atoms with E-state index < -0.39 is 6.10 Å². The number of benzene rings is 1. The molecule has 0 aliphatic rings. The number of ether oxygens (including phenoxy) is 1. The number of aliphatic hydroxyl groups excluding tert-OH is 1. The van der Waals surface area contributed by atoms with Crippen molar-refractivity contribution in [3.8, 4) is 0 Å². The van der Waals surface area contributed by atoms with Gasteiger partial charge in [-0.05, 0) is 19.1 Å². The number of esters is 1. The average Bonchev–Trinajstić information content (AvgIpc) is 2.18. The molecule has 0 fully saturated rings. The molecule has 0 saturated carbocycles. The molecule has 0 bridgehead atoms. The number of carbonyl (C=O) groups is 1. The predicted octanol–water partition coefficient (Wildman–Crippen LogP) is 1.61. The van der Waals surface area contributed by atoms with Gasteiger partial charge < -0.3 is 9.84 Å². The minimum atomic E-state index is -0.432. The average molecular weight is 194 g/mol. The van der Waals surface area contributed by atoms with Crippen LogP contribution >= 0.6 is 0 Å². The van der Waals surface area contributed by atoms with Gasteiger partial charge in [0.05, 0.1) is 18.3 Å². The van der Waals surface area contributed by atoms with Gasteiger partial charge in [0.25, 0.3) is 0 Å². The third-order valence-corrected chi connectivity index (χ3v) is 1.78. The minimum absolute atomic E-state index is 0.255. The number of hydrogen-bond acceptors (Lipinski definition) is 3. The second-order valence-electron chi connectivity index (χ2n) is 3.14. The van der Waals surface area contributed by atoms with E-state index >= 15 is 0 Å². The van der Waals surface area contributed by atoms with Crippen LogP contribution in [-0.2, 0) is 4.74 Å². The fourth-order valence-electron chi connectivity index (χ4n) is 0.980. The summed E-state index contributed by atoms with van der Waals surface area (Å²) in [4.78, 5) is 11.3. The number of rotatable bonds is 4. The Balaban J connectivity index is 2.36. The lowest BCUT2D eigenvalue weighted by atomic mass is 10.2. The van der Waals surface area contributed by atoms with Crippen molar-refractivity contribution in [1.29, 1.82) is 0 Å². The van der Waals surface area contributed by atoms with Crippen LogP contribution in [0.3, 0.4) is 0 Å². The van der Waals surface area contributed by atoms with E-state index in [0.717, 1.165) is 0 Å². The molecule has 0 spiro atoms. The van der Waals surface area contributed by atoms with E-state index in [1.165, 1.54) is 0 Å². The summed E-state index contributed by atoms with van der Waals surface area (Å²) in [5.74, 6) is -0.341. The van der Waals surface area contributed by atoms with Gasteiger partial charge >= 0.3 is 5.97 Å². The van der Waals surface area contributed by atoms with Gasteiger partial charge in [-0.3, -0.25) is 0 Å². The molecule has 0 unspecified atom stereocenters. The summed E-state index contributed by atoms with van der Waals surface area (Å²) >= 11 is 0. The lowest BCUT2D eigenvalue weighted by Crippen LogP contribution is -2.10. The Morgan fingerprint density at radius 2 is 2.07 bits per heavy atom. The van der Waals surface area contributed by atoms with Crippen LogP contribution in [0, 0.1) is 0 Å². The SMILES string of the molecule is C[C@H](O)CCOC(=O)c1ccccc1. The zero-order chi connectivity index (χ0) is 10.4. The van der Waals surface area contributed by atoms with Crippen LogP contribution in [0.15, 0.2) is 30.3 Å². The van der Waals surface area contributed by atoms with Gasteiger partial charge in [0.1, 0.15) is 0 Å². The summed E-state index contributed by atoms with van der Waals surface area (Å²) in [5, 5.41) is 8.94. The lowest BCUT2D eigenvalue weighted by molar-refractivity contribution is 0.0444. The third kappa shape index (κ3) is 3.58. The summed E-state index contributed by atoms with van der Waals surface area (Å²) in [6, 6.07) is 8.80. The fraction of sp³-hybridized carbons (Fsp3) is 0.364. The Kier molecular flexibility index (Phi) is 4.13. The van der Waals surface area contributed by atoms with Crippen LogP contribution in [0.5, 0.6) is 0 Å². The topological polar surface area (TPSA) is 46.5 Å². The van der Waals surface area contributed by atoms with Crippen molar-refractivity contribution in [2.24, 2.45) is 0 Å². The highest BCUT2D eigenvalue weighted by Gasteiger charge is 2.05. The van der Waals surface area contributed by atoms with Gasteiger partial charge in [0.15, 0.2) is 0 Å². The molecule has 0 aliphatic carbocycles. The van der Waals surface area contributed by atoms with Crippen LogP contribution in [0.1, 0.15) is 23.7 Å². The summed E-state index contributed by atoms with van der Waals surface area (Å²) in [5.41, 5.74) is 0.540. The predicted molar refractivity (Wildman–Crippen MR) is 53.0 cm³/mol. The van der Waals surface area contributed by atoms with E-state index in [0.29, 0.717) is 12.0 Å². The summed E-state index contributed by atoms with van der Waals surface area (Å²) in [6.45, 7) is 1.92. The highest BCUT2D eigenvalue weighted by molar-refractivity contribution is 5.89. The standard InChI is InChI=1S/C11H14O3/c1-9(12)7-8-14-11(13)10-5-3-2-4-6-10/h2-6,9,12H,7-8H2,1H3/t9-/m0/s1. The zero-order valence-electron chi connectivity index (χ0n) is 8.14. The molecule has 0 aromatic heterocycles. The van der Waals surface area contributed by atoms with E-state index in [1.807, 2.05) is 6.07 Å². The quantitative estimate of drug-likeness (QED) is 0.741. The molecule has 3 heteroatoms. The van der Waals surface area contributed by atoms with Gasteiger partial charge in [-0.1, -0.05) is 18.2 Å². The van der Waals surface area contributed by atoms with Crippen molar-refractivity contribution in [1.82, 2.24) is 0 Å². The van der Waals surface area contributed by atoms with Crippen LogP contribution in [0.4, 0.5) is 0 Å². The van der Waals surface area contributed by atoms with Gasteiger partial charge in [-0.15, -0.1) is 0 Å². The lowest BCUT2D eigenvalue weighted by Gasteiger charge is -2.05. The van der Waals surface area contributed by atoms with E-state index in [2.05, 4.69) is 0 Å². The van der Waals surface area contributed by atoms with E-state index in [4.69, 9.17) is 9.84 Å². The highest BCUT2D eigenvalue weighted by atomic mass is 16.5. The highest BCUT2D eigenvalue weighted by Crippen LogP contribution is 2.01.